The third kappa shape index (κ3) is 12.9. The second kappa shape index (κ2) is 22.1. The summed E-state index contributed by atoms with van der Waals surface area (Å²) < 4.78 is 60.9. The Labute approximate surface area is 345 Å². The number of carbonyl (C=O) groups is 8. The molecule has 0 aliphatic carbocycles. The molecule has 0 heterocycles. The highest BCUT2D eigenvalue weighted by Crippen LogP contribution is 2.29. The monoisotopic (exact) mass is 848 g/mol. The summed E-state index contributed by atoms with van der Waals surface area (Å²) in [4.78, 5) is 102. The van der Waals surface area contributed by atoms with E-state index in [1.54, 1.807) is 0 Å². The van der Waals surface area contributed by atoms with Crippen molar-refractivity contribution in [2.45, 2.75) is 0 Å². The van der Waals surface area contributed by atoms with E-state index in [0.29, 0.717) is 0 Å². The van der Waals surface area contributed by atoms with E-state index in [-0.39, 0.29) is 45.3 Å². The molecule has 0 bridgehead atoms. The number of rotatable bonds is 16. The predicted octanol–water partition coefficient (Wildman–Crippen LogP) is 5.98. The lowest BCUT2D eigenvalue weighted by molar-refractivity contribution is -0.0642. The fourth-order valence-electron chi connectivity index (χ4n) is 4.86. The first-order valence-electron chi connectivity index (χ1n) is 17.4. The minimum Gasteiger partial charge on any atom is -0.461 e. The molecule has 0 spiro atoms. The third-order valence-corrected chi connectivity index (χ3v) is 7.91. The van der Waals surface area contributed by atoms with Crippen molar-refractivity contribution in [2.75, 3.05) is 54.9 Å². The standard InChI is InChI=1S/C41H36O20/c1-50-37(46)58-29-17-9-5-13-25(29)33(42)54-21-41(22-55-34(43)26-14-6-10-18-30(26)59-38(47)51-2,23-56-35(44)27-15-7-11-19-31(27)60-39(48)52-3)24-57-36(45)28-16-8-12-20-32(28)61-40(49)53-4/h5-20H,21-24H2,1-4H3. The first-order valence-corrected chi connectivity index (χ1v) is 17.4. The molecular formula is C41H36O20. The Morgan fingerprint density at radius 1 is 0.344 bits per heavy atom. The van der Waals surface area contributed by atoms with E-state index in [1.165, 1.54) is 97.1 Å². The highest BCUT2D eigenvalue weighted by molar-refractivity contribution is 5.95. The third-order valence-electron chi connectivity index (χ3n) is 7.91. The second-order valence-corrected chi connectivity index (χ2v) is 12.0. The van der Waals surface area contributed by atoms with Crippen LogP contribution >= 0.6 is 0 Å². The van der Waals surface area contributed by atoms with Gasteiger partial charge in [-0.15, -0.1) is 0 Å². The van der Waals surface area contributed by atoms with E-state index in [0.717, 1.165) is 28.4 Å². The molecule has 4 rings (SSSR count). The van der Waals surface area contributed by atoms with Crippen LogP contribution in [0.5, 0.6) is 23.0 Å². The molecule has 0 unspecified atom stereocenters. The van der Waals surface area contributed by atoms with Crippen molar-refractivity contribution >= 4 is 48.5 Å². The molecular weight excluding hydrogens is 812 g/mol. The number of esters is 4. The van der Waals surface area contributed by atoms with E-state index in [9.17, 15) is 38.4 Å². The smallest absolute Gasteiger partial charge is 0.461 e. The molecule has 0 N–H and O–H groups in total. The van der Waals surface area contributed by atoms with Crippen LogP contribution in [0, 0.1) is 5.41 Å². The molecule has 0 atom stereocenters. The molecule has 0 aromatic heterocycles. The van der Waals surface area contributed by atoms with Crippen LogP contribution in [0.1, 0.15) is 41.4 Å². The molecule has 61 heavy (non-hydrogen) atoms. The maximum atomic E-state index is 13.6. The van der Waals surface area contributed by atoms with Gasteiger partial charge in [0.1, 0.15) is 77.1 Å². The number of methoxy groups -OCH3 is 4. The van der Waals surface area contributed by atoms with Gasteiger partial charge in [-0.2, -0.15) is 0 Å². The first kappa shape index (κ1) is 45.5. The van der Waals surface area contributed by atoms with Crippen LogP contribution in [-0.4, -0.2) is 103 Å². The number of benzene rings is 4. The first-order chi connectivity index (χ1) is 29.3. The van der Waals surface area contributed by atoms with Gasteiger partial charge in [-0.25, -0.2) is 38.4 Å². The predicted molar refractivity (Wildman–Crippen MR) is 201 cm³/mol. The van der Waals surface area contributed by atoms with Gasteiger partial charge in [0, 0.05) is 0 Å². The molecule has 4 aromatic rings. The lowest BCUT2D eigenvalue weighted by Gasteiger charge is -2.32. The van der Waals surface area contributed by atoms with Crippen molar-refractivity contribution in [3.63, 3.8) is 0 Å². The van der Waals surface area contributed by atoms with Gasteiger partial charge >= 0.3 is 48.5 Å². The van der Waals surface area contributed by atoms with E-state index >= 15 is 0 Å². The minimum absolute atomic E-state index is 0.277. The van der Waals surface area contributed by atoms with Gasteiger partial charge in [0.2, 0.25) is 0 Å². The van der Waals surface area contributed by atoms with E-state index in [1.807, 2.05) is 0 Å². The summed E-state index contributed by atoms with van der Waals surface area (Å²) in [6.45, 7) is -3.47. The number of ether oxygens (including phenoxy) is 12. The lowest BCUT2D eigenvalue weighted by atomic mass is 9.92. The molecule has 20 heteroatoms. The van der Waals surface area contributed by atoms with Crippen molar-refractivity contribution in [1.29, 1.82) is 0 Å². The molecule has 0 saturated carbocycles. The van der Waals surface area contributed by atoms with E-state index in [4.69, 9.17) is 37.9 Å². The summed E-state index contributed by atoms with van der Waals surface area (Å²) in [5.41, 5.74) is -3.17. The van der Waals surface area contributed by atoms with Crippen molar-refractivity contribution < 1.29 is 95.2 Å². The Kier molecular flexibility index (Phi) is 16.5. The topological polar surface area (TPSA) is 247 Å². The maximum Gasteiger partial charge on any atom is 0.513 e. The average molecular weight is 849 g/mol. The fraction of sp³-hybridized carbons (Fsp3) is 0.220. The molecule has 0 amide bonds. The van der Waals surface area contributed by atoms with Gasteiger partial charge in [-0.3, -0.25) is 0 Å². The van der Waals surface area contributed by atoms with Crippen molar-refractivity contribution in [2.24, 2.45) is 5.41 Å². The summed E-state index contributed by atoms with van der Waals surface area (Å²) in [6, 6.07) is 21.5. The Hall–Kier alpha value is -8.16. The fourth-order valence-corrected chi connectivity index (χ4v) is 4.86. The van der Waals surface area contributed by atoms with Gasteiger partial charge in [0.25, 0.3) is 0 Å². The number of para-hydroxylation sites is 4. The van der Waals surface area contributed by atoms with Crippen molar-refractivity contribution in [3.05, 3.63) is 119 Å². The van der Waals surface area contributed by atoms with Crippen molar-refractivity contribution in [1.82, 2.24) is 0 Å². The van der Waals surface area contributed by atoms with Crippen LogP contribution in [0.3, 0.4) is 0 Å². The molecule has 4 aromatic carbocycles. The van der Waals surface area contributed by atoms with E-state index < -0.39 is 80.3 Å². The second-order valence-electron chi connectivity index (χ2n) is 12.0. The van der Waals surface area contributed by atoms with Crippen LogP contribution in [0.4, 0.5) is 19.2 Å². The zero-order valence-corrected chi connectivity index (χ0v) is 32.7. The van der Waals surface area contributed by atoms with Crippen LogP contribution in [0.25, 0.3) is 0 Å². The van der Waals surface area contributed by atoms with Gasteiger partial charge in [-0.05, 0) is 48.5 Å². The normalized spacial score (nSPS) is 10.4. The molecule has 0 fully saturated rings. The zero-order chi connectivity index (χ0) is 44.4. The van der Waals surface area contributed by atoms with Crippen molar-refractivity contribution in [3.8, 4) is 23.0 Å². The van der Waals surface area contributed by atoms with Crippen LogP contribution in [-0.2, 0) is 37.9 Å². The highest BCUT2D eigenvalue weighted by Gasteiger charge is 2.40. The quantitative estimate of drug-likeness (QED) is 0.0714. The molecule has 20 nitrogen and oxygen atoms in total. The Bertz CT molecular complexity index is 1930. The van der Waals surface area contributed by atoms with E-state index in [2.05, 4.69) is 18.9 Å². The van der Waals surface area contributed by atoms with Gasteiger partial charge in [0.15, 0.2) is 0 Å². The lowest BCUT2D eigenvalue weighted by Crippen LogP contribution is -2.44. The Balaban J connectivity index is 1.76. The number of carbonyl (C=O) groups excluding carboxylic acids is 8. The summed E-state index contributed by atoms with van der Waals surface area (Å²) in [5.74, 6) is -5.61. The zero-order valence-electron chi connectivity index (χ0n) is 32.7. The molecule has 0 aliphatic heterocycles. The largest absolute Gasteiger partial charge is 0.513 e. The van der Waals surface area contributed by atoms with Crippen LogP contribution in [0.2, 0.25) is 0 Å². The average Bonchev–Trinajstić information content (AvgIpc) is 3.28. The summed E-state index contributed by atoms with van der Waals surface area (Å²) in [7, 11) is 4.17. The number of hydrogen-bond acceptors (Lipinski definition) is 20. The molecule has 320 valence electrons. The summed E-state index contributed by atoms with van der Waals surface area (Å²) in [6.07, 6.45) is -4.65. The summed E-state index contributed by atoms with van der Waals surface area (Å²) >= 11 is 0. The molecule has 0 aliphatic rings. The Morgan fingerprint density at radius 3 is 0.738 bits per heavy atom. The SMILES string of the molecule is COC(=O)Oc1ccccc1C(=O)OCC(COC(=O)c1ccccc1OC(=O)OC)(COC(=O)c1ccccc1OC(=O)OC)COC(=O)c1ccccc1OC(=O)OC. The molecule has 0 radical (unpaired) electrons. The van der Waals surface area contributed by atoms with Gasteiger partial charge < -0.3 is 56.8 Å². The van der Waals surface area contributed by atoms with Crippen LogP contribution < -0.4 is 18.9 Å². The van der Waals surface area contributed by atoms with Crippen LogP contribution in [0.15, 0.2) is 97.1 Å². The van der Waals surface area contributed by atoms with Gasteiger partial charge in [-0.1, -0.05) is 48.5 Å². The summed E-state index contributed by atoms with van der Waals surface area (Å²) in [5, 5.41) is 0. The number of hydrogen-bond donors (Lipinski definition) is 0. The Morgan fingerprint density at radius 2 is 0.541 bits per heavy atom. The minimum atomic E-state index is -2.02. The maximum absolute atomic E-state index is 13.6. The molecule has 0 saturated heterocycles. The van der Waals surface area contributed by atoms with Gasteiger partial charge in [0.05, 0.1) is 28.4 Å². The highest BCUT2D eigenvalue weighted by atomic mass is 16.7.